The minimum absolute atomic E-state index is 0.801. The second-order valence-electron chi connectivity index (χ2n) is 2.29. The van der Waals surface area contributed by atoms with E-state index in [9.17, 15) is 0 Å². The van der Waals surface area contributed by atoms with Crippen molar-refractivity contribution in [3.05, 3.63) is 36.1 Å². The van der Waals surface area contributed by atoms with Crippen LogP contribution in [0.1, 0.15) is 5.56 Å². The quantitative estimate of drug-likeness (QED) is 0.515. The van der Waals surface area contributed by atoms with Gasteiger partial charge in [0.1, 0.15) is 5.58 Å². The van der Waals surface area contributed by atoms with Crippen molar-refractivity contribution in [2.24, 2.45) is 0 Å². The van der Waals surface area contributed by atoms with Crippen LogP contribution in [-0.4, -0.2) is 0 Å². The molecule has 0 atom stereocenters. The first-order valence-corrected chi connectivity index (χ1v) is 3.34. The molecule has 2 aromatic rings. The summed E-state index contributed by atoms with van der Waals surface area (Å²) in [5, 5.41) is 1.06. The molecule has 1 aromatic carbocycles. The van der Waals surface area contributed by atoms with Gasteiger partial charge in [-0.15, -0.1) is 6.42 Å². The third-order valence-electron chi connectivity index (χ3n) is 1.63. The van der Waals surface area contributed by atoms with Crippen molar-refractivity contribution >= 4 is 11.0 Å². The van der Waals surface area contributed by atoms with Crippen molar-refractivity contribution in [1.82, 2.24) is 0 Å². The molecule has 0 radical (unpaired) electrons. The molecule has 0 fully saturated rings. The fraction of sp³-hybridized carbons (Fsp3) is 0. The molecule has 0 bridgehead atoms. The summed E-state index contributed by atoms with van der Waals surface area (Å²) in [5.41, 5.74) is 1.61. The van der Waals surface area contributed by atoms with Gasteiger partial charge in [0.25, 0.3) is 0 Å². The average molecular weight is 142 g/mol. The van der Waals surface area contributed by atoms with Gasteiger partial charge in [-0.2, -0.15) is 0 Å². The Labute approximate surface area is 64.6 Å². The number of hydrogen-bond donors (Lipinski definition) is 0. The topological polar surface area (TPSA) is 13.1 Å². The maximum atomic E-state index is 5.27. The second kappa shape index (κ2) is 2.17. The Kier molecular flexibility index (Phi) is 1.20. The van der Waals surface area contributed by atoms with Crippen LogP contribution in [0.3, 0.4) is 0 Å². The fourth-order valence-corrected chi connectivity index (χ4v) is 1.11. The Morgan fingerprint density at radius 3 is 3.00 bits per heavy atom. The molecule has 0 spiro atoms. The zero-order valence-electron chi connectivity index (χ0n) is 5.87. The van der Waals surface area contributed by atoms with Crippen LogP contribution in [-0.2, 0) is 0 Å². The van der Waals surface area contributed by atoms with Gasteiger partial charge in [0.05, 0.1) is 11.8 Å². The van der Waals surface area contributed by atoms with Crippen LogP contribution in [0.2, 0.25) is 0 Å². The average Bonchev–Trinajstić information content (AvgIpc) is 2.50. The van der Waals surface area contributed by atoms with E-state index in [4.69, 9.17) is 10.8 Å². The van der Waals surface area contributed by atoms with Crippen molar-refractivity contribution in [1.29, 1.82) is 0 Å². The minimum atomic E-state index is 0.801. The number of hydrogen-bond acceptors (Lipinski definition) is 1. The molecule has 0 saturated carbocycles. The maximum Gasteiger partial charge on any atom is 0.149 e. The molecule has 52 valence electrons. The van der Waals surface area contributed by atoms with Gasteiger partial charge in [-0.1, -0.05) is 18.1 Å². The van der Waals surface area contributed by atoms with Gasteiger partial charge in [-0.3, -0.25) is 0 Å². The second-order valence-corrected chi connectivity index (χ2v) is 2.29. The van der Waals surface area contributed by atoms with Crippen LogP contribution in [0.5, 0.6) is 0 Å². The standard InChI is InChI=1S/C10H6O/c1-2-8-4-3-5-9-6-7-11-10(8)9/h1,3-7H. The number of rotatable bonds is 0. The molecule has 1 heteroatoms. The first kappa shape index (κ1) is 6.06. The molecule has 1 nitrogen and oxygen atoms in total. The van der Waals surface area contributed by atoms with Gasteiger partial charge >= 0.3 is 0 Å². The van der Waals surface area contributed by atoms with Gasteiger partial charge in [0.2, 0.25) is 0 Å². The minimum Gasteiger partial charge on any atom is -0.463 e. The van der Waals surface area contributed by atoms with Crippen LogP contribution >= 0.6 is 0 Å². The summed E-state index contributed by atoms with van der Waals surface area (Å²) in [6, 6.07) is 7.66. The third kappa shape index (κ3) is 0.805. The molecule has 1 heterocycles. The summed E-state index contributed by atoms with van der Waals surface area (Å²) in [7, 11) is 0. The van der Waals surface area contributed by atoms with Crippen molar-refractivity contribution in [2.75, 3.05) is 0 Å². The Hall–Kier alpha value is -1.68. The first-order valence-electron chi connectivity index (χ1n) is 3.34. The number of terminal acetylenes is 1. The van der Waals surface area contributed by atoms with E-state index in [0.717, 1.165) is 16.5 Å². The summed E-state index contributed by atoms with van der Waals surface area (Å²) in [6.07, 6.45) is 6.91. The molecule has 2 rings (SSSR count). The summed E-state index contributed by atoms with van der Waals surface area (Å²) in [4.78, 5) is 0. The molecule has 0 amide bonds. The van der Waals surface area contributed by atoms with Crippen molar-refractivity contribution in [2.45, 2.75) is 0 Å². The predicted molar refractivity (Wildman–Crippen MR) is 44.1 cm³/mol. The first-order chi connectivity index (χ1) is 5.42. The number of fused-ring (bicyclic) bond motifs is 1. The van der Waals surface area contributed by atoms with Crippen LogP contribution < -0.4 is 0 Å². The van der Waals surface area contributed by atoms with Crippen LogP contribution in [0.4, 0.5) is 0 Å². The Balaban J connectivity index is 2.92. The fourth-order valence-electron chi connectivity index (χ4n) is 1.11. The van der Waals surface area contributed by atoms with E-state index >= 15 is 0 Å². The number of benzene rings is 1. The van der Waals surface area contributed by atoms with E-state index in [1.54, 1.807) is 6.26 Å². The van der Waals surface area contributed by atoms with Crippen LogP contribution in [0, 0.1) is 12.3 Å². The lowest BCUT2D eigenvalue weighted by atomic mass is 10.2. The molecule has 0 saturated heterocycles. The molecule has 0 aliphatic heterocycles. The molecular weight excluding hydrogens is 136 g/mol. The highest BCUT2D eigenvalue weighted by Crippen LogP contribution is 2.18. The molecule has 0 aliphatic rings. The van der Waals surface area contributed by atoms with Gasteiger partial charge in [-0.25, -0.2) is 0 Å². The Morgan fingerprint density at radius 2 is 2.18 bits per heavy atom. The van der Waals surface area contributed by atoms with Crippen molar-refractivity contribution < 1.29 is 4.42 Å². The lowest BCUT2D eigenvalue weighted by Crippen LogP contribution is -1.72. The molecule has 0 unspecified atom stereocenters. The predicted octanol–water partition coefficient (Wildman–Crippen LogP) is 2.41. The molecule has 11 heavy (non-hydrogen) atoms. The molecule has 1 aromatic heterocycles. The number of para-hydroxylation sites is 1. The summed E-state index contributed by atoms with van der Waals surface area (Å²) < 4.78 is 5.20. The molecule has 0 N–H and O–H groups in total. The lowest BCUT2D eigenvalue weighted by molar-refractivity contribution is 0.615. The third-order valence-corrected chi connectivity index (χ3v) is 1.63. The normalized spacial score (nSPS) is 9.73. The van der Waals surface area contributed by atoms with Gasteiger partial charge in [0.15, 0.2) is 0 Å². The van der Waals surface area contributed by atoms with E-state index in [1.165, 1.54) is 0 Å². The Bertz CT molecular complexity index is 418. The van der Waals surface area contributed by atoms with Crippen LogP contribution in [0.25, 0.3) is 11.0 Å². The summed E-state index contributed by atoms with van der Waals surface area (Å²) in [6.45, 7) is 0. The van der Waals surface area contributed by atoms with Gasteiger partial charge in [-0.05, 0) is 12.1 Å². The zero-order chi connectivity index (χ0) is 7.68. The van der Waals surface area contributed by atoms with Gasteiger partial charge < -0.3 is 4.42 Å². The highest BCUT2D eigenvalue weighted by molar-refractivity contribution is 5.82. The SMILES string of the molecule is C#Cc1cccc2ccoc12. The molecular formula is C10H6O. The van der Waals surface area contributed by atoms with E-state index in [1.807, 2.05) is 24.3 Å². The van der Waals surface area contributed by atoms with E-state index in [2.05, 4.69) is 5.92 Å². The number of furan rings is 1. The summed E-state index contributed by atoms with van der Waals surface area (Å²) in [5.74, 6) is 2.56. The van der Waals surface area contributed by atoms with Gasteiger partial charge in [0, 0.05) is 5.39 Å². The van der Waals surface area contributed by atoms with Crippen LogP contribution in [0.15, 0.2) is 34.9 Å². The molecule has 0 aliphatic carbocycles. The maximum absolute atomic E-state index is 5.27. The van der Waals surface area contributed by atoms with Crippen molar-refractivity contribution in [3.63, 3.8) is 0 Å². The van der Waals surface area contributed by atoms with E-state index in [0.29, 0.717) is 0 Å². The van der Waals surface area contributed by atoms with E-state index in [-0.39, 0.29) is 0 Å². The van der Waals surface area contributed by atoms with Crippen molar-refractivity contribution in [3.8, 4) is 12.3 Å². The zero-order valence-corrected chi connectivity index (χ0v) is 5.87. The highest BCUT2D eigenvalue weighted by Gasteiger charge is 1.98. The monoisotopic (exact) mass is 142 g/mol. The van der Waals surface area contributed by atoms with E-state index < -0.39 is 0 Å². The smallest absolute Gasteiger partial charge is 0.149 e. The largest absolute Gasteiger partial charge is 0.463 e. The lowest BCUT2D eigenvalue weighted by Gasteiger charge is -1.90. The highest BCUT2D eigenvalue weighted by atomic mass is 16.3. The summed E-state index contributed by atoms with van der Waals surface area (Å²) >= 11 is 0. The Morgan fingerprint density at radius 1 is 1.27 bits per heavy atom.